The van der Waals surface area contributed by atoms with Gasteiger partial charge in [0.1, 0.15) is 5.82 Å². The van der Waals surface area contributed by atoms with E-state index in [1.807, 2.05) is 23.1 Å². The van der Waals surface area contributed by atoms with E-state index < -0.39 is 0 Å². The molecule has 1 aromatic heterocycles. The lowest BCUT2D eigenvalue weighted by Crippen LogP contribution is -2.42. The van der Waals surface area contributed by atoms with E-state index in [4.69, 9.17) is 14.5 Å². The molecule has 168 valence electrons. The molecular weight excluding hydrogens is 394 g/mol. The molecule has 2 heterocycles. The number of nitrogens with one attached hydrogen (secondary N) is 1. The molecule has 0 fully saturated rings. The van der Waals surface area contributed by atoms with Gasteiger partial charge in [-0.3, -0.25) is 9.59 Å². The Kier molecular flexibility index (Phi) is 7.71. The van der Waals surface area contributed by atoms with Crippen molar-refractivity contribution in [2.45, 2.75) is 58.9 Å². The molecule has 31 heavy (non-hydrogen) atoms. The first-order valence-corrected chi connectivity index (χ1v) is 11.1. The predicted molar refractivity (Wildman–Crippen MR) is 120 cm³/mol. The van der Waals surface area contributed by atoms with E-state index in [9.17, 15) is 9.59 Å². The molecule has 2 aromatic rings. The molecule has 7 nitrogen and oxygen atoms in total. The Morgan fingerprint density at radius 2 is 2.00 bits per heavy atom. The largest absolute Gasteiger partial charge is 0.493 e. The van der Waals surface area contributed by atoms with Gasteiger partial charge in [0.05, 0.1) is 32.0 Å². The summed E-state index contributed by atoms with van der Waals surface area (Å²) in [6.45, 7) is 5.15. The van der Waals surface area contributed by atoms with Crippen molar-refractivity contribution < 1.29 is 14.3 Å². The number of benzene rings is 1. The molecule has 1 N–H and O–H groups in total. The molecule has 1 aliphatic heterocycles. The Hall–Kier alpha value is -2.83. The minimum Gasteiger partial charge on any atom is -0.493 e. The van der Waals surface area contributed by atoms with Crippen molar-refractivity contribution in [3.63, 3.8) is 0 Å². The number of nitrogens with zero attached hydrogens (tertiary/aromatic N) is 2. The van der Waals surface area contributed by atoms with Gasteiger partial charge in [0.15, 0.2) is 11.5 Å². The van der Waals surface area contributed by atoms with Crippen LogP contribution in [0.15, 0.2) is 23.0 Å². The number of aromatic amines is 1. The maximum Gasteiger partial charge on any atom is 0.256 e. The van der Waals surface area contributed by atoms with Gasteiger partial charge in [0.25, 0.3) is 5.56 Å². The first-order valence-electron chi connectivity index (χ1n) is 11.1. The smallest absolute Gasteiger partial charge is 0.256 e. The zero-order valence-corrected chi connectivity index (χ0v) is 19.0. The molecular formula is C24H33N3O4. The molecule has 1 amide bonds. The third-order valence-electron chi connectivity index (χ3n) is 6.00. The lowest BCUT2D eigenvalue weighted by atomic mass is 9.96. The van der Waals surface area contributed by atoms with Crippen LogP contribution in [0.5, 0.6) is 11.5 Å². The van der Waals surface area contributed by atoms with Crippen LogP contribution in [0.2, 0.25) is 0 Å². The number of amides is 1. The average Bonchev–Trinajstić information content (AvgIpc) is 2.79. The Morgan fingerprint density at radius 1 is 1.23 bits per heavy atom. The highest BCUT2D eigenvalue weighted by Crippen LogP contribution is 2.28. The number of unbranched alkanes of at least 4 members (excludes halogenated alkanes) is 1. The first-order chi connectivity index (χ1) is 15.0. The van der Waals surface area contributed by atoms with Crippen LogP contribution < -0.4 is 15.0 Å². The van der Waals surface area contributed by atoms with Crippen LogP contribution in [0.1, 0.15) is 62.2 Å². The van der Waals surface area contributed by atoms with Gasteiger partial charge in [0, 0.05) is 25.3 Å². The van der Waals surface area contributed by atoms with E-state index >= 15 is 0 Å². The van der Waals surface area contributed by atoms with Gasteiger partial charge >= 0.3 is 0 Å². The number of rotatable bonds is 9. The molecule has 3 rings (SSSR count). The lowest BCUT2D eigenvalue weighted by Gasteiger charge is -2.31. The van der Waals surface area contributed by atoms with Crippen LogP contribution in [-0.2, 0) is 24.2 Å². The molecule has 0 saturated heterocycles. The number of methoxy groups -OCH3 is 2. The fourth-order valence-electron chi connectivity index (χ4n) is 4.14. The van der Waals surface area contributed by atoms with Crippen LogP contribution in [-0.4, -0.2) is 41.5 Å². The van der Waals surface area contributed by atoms with Gasteiger partial charge in [-0.05, 0) is 30.5 Å². The van der Waals surface area contributed by atoms with Crippen molar-refractivity contribution in [1.29, 1.82) is 0 Å². The number of H-pyrrole nitrogens is 1. The second-order valence-electron chi connectivity index (χ2n) is 8.06. The van der Waals surface area contributed by atoms with Crippen molar-refractivity contribution in [1.82, 2.24) is 14.9 Å². The van der Waals surface area contributed by atoms with E-state index in [0.717, 1.165) is 36.9 Å². The van der Waals surface area contributed by atoms with E-state index in [1.54, 1.807) is 14.2 Å². The molecule has 0 spiro atoms. The summed E-state index contributed by atoms with van der Waals surface area (Å²) in [7, 11) is 3.19. The highest BCUT2D eigenvalue weighted by Gasteiger charge is 2.28. The van der Waals surface area contributed by atoms with E-state index in [2.05, 4.69) is 18.8 Å². The minimum absolute atomic E-state index is 0.0397. The van der Waals surface area contributed by atoms with Gasteiger partial charge in [-0.1, -0.05) is 32.8 Å². The van der Waals surface area contributed by atoms with Gasteiger partial charge in [-0.25, -0.2) is 4.98 Å². The summed E-state index contributed by atoms with van der Waals surface area (Å²) in [4.78, 5) is 35.2. The Bertz CT molecular complexity index is 970. The lowest BCUT2D eigenvalue weighted by molar-refractivity contribution is -0.136. The number of hydrogen-bond donors (Lipinski definition) is 1. The summed E-state index contributed by atoms with van der Waals surface area (Å²) < 4.78 is 10.6. The van der Waals surface area contributed by atoms with Crippen LogP contribution in [0, 0.1) is 5.92 Å². The summed E-state index contributed by atoms with van der Waals surface area (Å²) in [5.41, 5.74) is 2.22. The fourth-order valence-corrected chi connectivity index (χ4v) is 4.14. The Morgan fingerprint density at radius 3 is 2.68 bits per heavy atom. The molecule has 0 saturated carbocycles. The zero-order valence-electron chi connectivity index (χ0n) is 19.0. The standard InChI is InChI=1S/C24H33N3O4/c1-5-7-8-17(6-2)24(29)27-12-11-19-18(15-27)23(28)26-22(25-19)14-16-9-10-20(30-3)21(13-16)31-4/h9-10,13,17H,5-8,11-12,14-15H2,1-4H3,(H,25,26,28). The number of carbonyl (C=O) groups is 1. The first kappa shape index (κ1) is 22.8. The average molecular weight is 428 g/mol. The van der Waals surface area contributed by atoms with Gasteiger partial charge in [-0.2, -0.15) is 0 Å². The summed E-state index contributed by atoms with van der Waals surface area (Å²) in [5.74, 6) is 2.12. The number of hydrogen-bond acceptors (Lipinski definition) is 5. The summed E-state index contributed by atoms with van der Waals surface area (Å²) in [6, 6.07) is 5.67. The second-order valence-corrected chi connectivity index (χ2v) is 8.06. The summed E-state index contributed by atoms with van der Waals surface area (Å²) in [5, 5.41) is 0. The van der Waals surface area contributed by atoms with Gasteiger partial charge in [-0.15, -0.1) is 0 Å². The maximum atomic E-state index is 12.9. The quantitative estimate of drug-likeness (QED) is 0.662. The summed E-state index contributed by atoms with van der Waals surface area (Å²) >= 11 is 0. The Balaban J connectivity index is 1.76. The van der Waals surface area contributed by atoms with E-state index in [0.29, 0.717) is 48.8 Å². The second kappa shape index (κ2) is 10.5. The molecule has 0 aliphatic carbocycles. The number of aromatic nitrogens is 2. The predicted octanol–water partition coefficient (Wildman–Crippen LogP) is 3.48. The zero-order chi connectivity index (χ0) is 22.4. The maximum absolute atomic E-state index is 12.9. The third-order valence-corrected chi connectivity index (χ3v) is 6.00. The van der Waals surface area contributed by atoms with Gasteiger partial charge in [0.2, 0.25) is 5.91 Å². The van der Waals surface area contributed by atoms with Crippen molar-refractivity contribution >= 4 is 5.91 Å². The number of ether oxygens (including phenoxy) is 2. The van der Waals surface area contributed by atoms with Crippen molar-refractivity contribution in [2.24, 2.45) is 5.92 Å². The molecule has 1 aromatic carbocycles. The van der Waals surface area contributed by atoms with Crippen molar-refractivity contribution in [3.8, 4) is 11.5 Å². The molecule has 7 heteroatoms. The molecule has 1 unspecified atom stereocenters. The normalized spacial score (nSPS) is 14.1. The van der Waals surface area contributed by atoms with E-state index in [-0.39, 0.29) is 17.4 Å². The monoisotopic (exact) mass is 427 g/mol. The van der Waals surface area contributed by atoms with Crippen LogP contribution in [0.3, 0.4) is 0 Å². The Labute approximate surface area is 183 Å². The number of fused-ring (bicyclic) bond motifs is 1. The van der Waals surface area contributed by atoms with Crippen molar-refractivity contribution in [2.75, 3.05) is 20.8 Å². The van der Waals surface area contributed by atoms with Gasteiger partial charge < -0.3 is 19.4 Å². The van der Waals surface area contributed by atoms with Crippen LogP contribution >= 0.6 is 0 Å². The van der Waals surface area contributed by atoms with Crippen molar-refractivity contribution in [3.05, 3.63) is 51.2 Å². The molecule has 1 atom stereocenters. The van der Waals surface area contributed by atoms with E-state index in [1.165, 1.54) is 0 Å². The highest BCUT2D eigenvalue weighted by molar-refractivity contribution is 5.79. The third kappa shape index (κ3) is 5.27. The molecule has 0 radical (unpaired) electrons. The minimum atomic E-state index is -0.153. The van der Waals surface area contributed by atoms with Crippen LogP contribution in [0.25, 0.3) is 0 Å². The van der Waals surface area contributed by atoms with Crippen LogP contribution in [0.4, 0.5) is 0 Å². The highest BCUT2D eigenvalue weighted by atomic mass is 16.5. The fraction of sp³-hybridized carbons (Fsp3) is 0.542. The summed E-state index contributed by atoms with van der Waals surface area (Å²) in [6.07, 6.45) is 4.97. The molecule has 0 bridgehead atoms. The molecule has 1 aliphatic rings. The number of carbonyl (C=O) groups excluding carboxylic acids is 1. The topological polar surface area (TPSA) is 84.5 Å². The SMILES string of the molecule is CCCCC(CC)C(=O)N1CCc2nc(Cc3ccc(OC)c(OC)c3)[nH]c(=O)c2C1.